The monoisotopic (exact) mass is 974 g/mol. The van der Waals surface area contributed by atoms with Crippen molar-refractivity contribution in [1.29, 1.82) is 0 Å². The van der Waals surface area contributed by atoms with Gasteiger partial charge in [-0.15, -0.1) is 0 Å². The van der Waals surface area contributed by atoms with Gasteiger partial charge in [-0.3, -0.25) is 9.59 Å². The SMILES string of the molecule is CCCCCCCCC/C=C/C(O)C(CO)NC(=O)CCCCCCCCCCCCCCCCCCCCCCCCCCOC(=O)CCCCCCCCCCCCCCCCCCCCC. The fourth-order valence-electron chi connectivity index (χ4n) is 9.99. The second-order valence-corrected chi connectivity index (χ2v) is 21.8. The van der Waals surface area contributed by atoms with Crippen molar-refractivity contribution in [1.82, 2.24) is 5.32 Å². The van der Waals surface area contributed by atoms with E-state index in [2.05, 4.69) is 19.2 Å². The van der Waals surface area contributed by atoms with Crippen molar-refractivity contribution in [2.45, 2.75) is 366 Å². The quantitative estimate of drug-likeness (QED) is 0.0321. The van der Waals surface area contributed by atoms with E-state index < -0.39 is 12.1 Å². The van der Waals surface area contributed by atoms with Crippen LogP contribution in [0.15, 0.2) is 12.2 Å². The zero-order chi connectivity index (χ0) is 50.0. The van der Waals surface area contributed by atoms with Gasteiger partial charge in [-0.05, 0) is 32.1 Å². The van der Waals surface area contributed by atoms with Crippen molar-refractivity contribution < 1.29 is 24.5 Å². The lowest BCUT2D eigenvalue weighted by molar-refractivity contribution is -0.143. The molecule has 0 aromatic carbocycles. The maximum Gasteiger partial charge on any atom is 0.305 e. The molecular weight excluding hydrogens is 851 g/mol. The number of hydrogen-bond donors (Lipinski definition) is 3. The first-order chi connectivity index (χ1) is 34.0. The summed E-state index contributed by atoms with van der Waals surface area (Å²) in [5, 5.41) is 22.9. The lowest BCUT2D eigenvalue weighted by Crippen LogP contribution is -2.45. The summed E-state index contributed by atoms with van der Waals surface area (Å²) in [6, 6.07) is -0.624. The number of ether oxygens (including phenoxy) is 1. The number of aliphatic hydroxyl groups excluding tert-OH is 2. The molecule has 0 fully saturated rings. The van der Waals surface area contributed by atoms with Crippen LogP contribution >= 0.6 is 0 Å². The average molecular weight is 975 g/mol. The Hall–Kier alpha value is -1.40. The van der Waals surface area contributed by atoms with E-state index in [-0.39, 0.29) is 18.5 Å². The number of aliphatic hydroxyl groups is 2. The minimum absolute atomic E-state index is 0.0202. The van der Waals surface area contributed by atoms with Crippen LogP contribution in [0.25, 0.3) is 0 Å². The summed E-state index contributed by atoms with van der Waals surface area (Å²) in [5.41, 5.74) is 0. The molecule has 0 aliphatic heterocycles. The summed E-state index contributed by atoms with van der Waals surface area (Å²) in [5.74, 6) is -0.0479. The Morgan fingerprint density at radius 3 is 0.986 bits per heavy atom. The van der Waals surface area contributed by atoms with E-state index in [1.165, 1.54) is 289 Å². The molecule has 1 amide bonds. The summed E-state index contributed by atoms with van der Waals surface area (Å²) in [4.78, 5) is 24.5. The molecule has 0 radical (unpaired) electrons. The van der Waals surface area contributed by atoms with Gasteiger partial charge >= 0.3 is 5.97 Å². The van der Waals surface area contributed by atoms with E-state index in [9.17, 15) is 19.8 Å². The number of amides is 1. The van der Waals surface area contributed by atoms with Crippen LogP contribution < -0.4 is 5.32 Å². The number of hydrogen-bond acceptors (Lipinski definition) is 5. The standard InChI is InChI=1S/C63H123NO5/c1-3-5-7-9-11-13-14-15-16-17-24-28-31-34-37-41-45-49-53-57-63(68)69-58-54-50-46-42-38-35-32-29-26-23-21-19-18-20-22-25-27-30-33-36-40-44-48-52-56-62(67)64-60(59-65)61(66)55-51-47-43-39-12-10-8-6-4-2/h51,55,60-61,65-66H,3-50,52-54,56-59H2,1-2H3,(H,64,67)/b55-51+. The van der Waals surface area contributed by atoms with Crippen LogP contribution in [0, 0.1) is 0 Å². The first-order valence-electron chi connectivity index (χ1n) is 31.5. The zero-order valence-electron chi connectivity index (χ0n) is 46.8. The summed E-state index contributed by atoms with van der Waals surface area (Å²) >= 11 is 0. The van der Waals surface area contributed by atoms with E-state index in [0.29, 0.717) is 19.4 Å². The number of unbranched alkanes of at least 4 members (excludes halogenated alkanes) is 48. The molecule has 6 nitrogen and oxygen atoms in total. The Bertz CT molecular complexity index is 1030. The van der Waals surface area contributed by atoms with E-state index >= 15 is 0 Å². The molecule has 2 atom stereocenters. The predicted octanol–water partition coefficient (Wildman–Crippen LogP) is 19.6. The summed E-state index contributed by atoms with van der Waals surface area (Å²) in [6.07, 6.45) is 71.3. The van der Waals surface area contributed by atoms with Crippen molar-refractivity contribution in [2.75, 3.05) is 13.2 Å². The molecular formula is C63H123NO5. The van der Waals surface area contributed by atoms with Gasteiger partial charge in [-0.1, -0.05) is 321 Å². The Labute approximate surface area is 431 Å². The van der Waals surface area contributed by atoms with Crippen molar-refractivity contribution in [2.24, 2.45) is 0 Å². The lowest BCUT2D eigenvalue weighted by atomic mass is 10.0. The third-order valence-corrected chi connectivity index (χ3v) is 14.8. The topological polar surface area (TPSA) is 95.9 Å². The highest BCUT2D eigenvalue weighted by Gasteiger charge is 2.18. The first-order valence-corrected chi connectivity index (χ1v) is 31.5. The molecule has 2 unspecified atom stereocenters. The highest BCUT2D eigenvalue weighted by atomic mass is 16.5. The summed E-state index contributed by atoms with van der Waals surface area (Å²) in [7, 11) is 0. The van der Waals surface area contributed by atoms with E-state index in [1.54, 1.807) is 6.08 Å². The number of nitrogens with one attached hydrogen (secondary N) is 1. The molecule has 410 valence electrons. The minimum atomic E-state index is -0.840. The summed E-state index contributed by atoms with van der Waals surface area (Å²) < 4.78 is 5.51. The normalized spacial score (nSPS) is 12.6. The van der Waals surface area contributed by atoms with Crippen LogP contribution in [0.4, 0.5) is 0 Å². The highest BCUT2D eigenvalue weighted by Crippen LogP contribution is 2.18. The van der Waals surface area contributed by atoms with Crippen LogP contribution in [0.1, 0.15) is 354 Å². The second-order valence-electron chi connectivity index (χ2n) is 21.8. The number of rotatable bonds is 59. The summed E-state index contributed by atoms with van der Waals surface area (Å²) in [6.45, 7) is 4.90. The highest BCUT2D eigenvalue weighted by molar-refractivity contribution is 5.76. The van der Waals surface area contributed by atoms with Crippen LogP contribution in [0.5, 0.6) is 0 Å². The van der Waals surface area contributed by atoms with Gasteiger partial charge in [0, 0.05) is 12.8 Å². The molecule has 0 bridgehead atoms. The van der Waals surface area contributed by atoms with Crippen LogP contribution in [0.3, 0.4) is 0 Å². The molecule has 0 aromatic rings. The fourth-order valence-corrected chi connectivity index (χ4v) is 9.99. The molecule has 0 rings (SSSR count). The third kappa shape index (κ3) is 55.8. The number of allylic oxidation sites excluding steroid dienone is 1. The molecule has 0 heterocycles. The van der Waals surface area contributed by atoms with Gasteiger partial charge in [0.15, 0.2) is 0 Å². The Balaban J connectivity index is 3.31. The lowest BCUT2D eigenvalue weighted by Gasteiger charge is -2.20. The maximum absolute atomic E-state index is 12.4. The molecule has 0 saturated heterocycles. The minimum Gasteiger partial charge on any atom is -0.466 e. The van der Waals surface area contributed by atoms with Crippen LogP contribution in [-0.4, -0.2) is 47.4 Å². The van der Waals surface area contributed by atoms with Gasteiger partial charge < -0.3 is 20.3 Å². The number of carbonyl (C=O) groups excluding carboxylic acids is 2. The van der Waals surface area contributed by atoms with Crippen LogP contribution in [-0.2, 0) is 14.3 Å². The molecule has 0 aromatic heterocycles. The molecule has 0 aliphatic carbocycles. The number of esters is 1. The maximum atomic E-state index is 12.4. The van der Waals surface area contributed by atoms with Crippen molar-refractivity contribution in [3.63, 3.8) is 0 Å². The van der Waals surface area contributed by atoms with Gasteiger partial charge in [0.2, 0.25) is 5.91 Å². The molecule has 3 N–H and O–H groups in total. The predicted molar refractivity (Wildman–Crippen MR) is 301 cm³/mol. The number of carbonyl (C=O) groups is 2. The van der Waals surface area contributed by atoms with E-state index in [1.807, 2.05) is 6.08 Å². The van der Waals surface area contributed by atoms with Gasteiger partial charge in [-0.2, -0.15) is 0 Å². The van der Waals surface area contributed by atoms with Crippen molar-refractivity contribution in [3.8, 4) is 0 Å². The zero-order valence-corrected chi connectivity index (χ0v) is 46.8. The van der Waals surface area contributed by atoms with E-state index in [4.69, 9.17) is 4.74 Å². The fraction of sp³-hybridized carbons (Fsp3) is 0.937. The largest absolute Gasteiger partial charge is 0.466 e. The molecule has 0 spiro atoms. The molecule has 69 heavy (non-hydrogen) atoms. The molecule has 0 aliphatic rings. The first kappa shape index (κ1) is 67.6. The third-order valence-electron chi connectivity index (χ3n) is 14.8. The van der Waals surface area contributed by atoms with Gasteiger partial charge in [0.1, 0.15) is 0 Å². The van der Waals surface area contributed by atoms with Gasteiger partial charge in [0.05, 0.1) is 25.4 Å². The van der Waals surface area contributed by atoms with Gasteiger partial charge in [0.25, 0.3) is 0 Å². The Morgan fingerprint density at radius 2 is 0.667 bits per heavy atom. The Morgan fingerprint density at radius 1 is 0.391 bits per heavy atom. The van der Waals surface area contributed by atoms with Gasteiger partial charge in [-0.25, -0.2) is 0 Å². The molecule has 6 heteroatoms. The Kier molecular flexibility index (Phi) is 58.0. The second kappa shape index (κ2) is 59.2. The van der Waals surface area contributed by atoms with E-state index in [0.717, 1.165) is 38.5 Å². The average Bonchev–Trinajstić information content (AvgIpc) is 3.35. The smallest absolute Gasteiger partial charge is 0.305 e. The molecule has 0 saturated carbocycles. The van der Waals surface area contributed by atoms with Crippen LogP contribution in [0.2, 0.25) is 0 Å². The van der Waals surface area contributed by atoms with Crippen molar-refractivity contribution in [3.05, 3.63) is 12.2 Å². The van der Waals surface area contributed by atoms with Crippen molar-refractivity contribution >= 4 is 11.9 Å².